The summed E-state index contributed by atoms with van der Waals surface area (Å²) in [6.07, 6.45) is 3.37. The number of aromatic nitrogens is 2. The normalized spacial score (nSPS) is 10.3. The zero-order chi connectivity index (χ0) is 13.1. The summed E-state index contributed by atoms with van der Waals surface area (Å²) >= 11 is 0. The molecule has 0 saturated carbocycles. The molecule has 0 aliphatic rings. The molecule has 18 heavy (non-hydrogen) atoms. The Bertz CT molecular complexity index is 575. The molecule has 2 N–H and O–H groups in total. The molecule has 1 aromatic carbocycles. The highest BCUT2D eigenvalue weighted by atomic mass is 16.5. The third kappa shape index (κ3) is 1.95. The molecule has 5 nitrogen and oxygen atoms in total. The summed E-state index contributed by atoms with van der Waals surface area (Å²) in [6.45, 7) is 2.64. The van der Waals surface area contributed by atoms with Crippen molar-refractivity contribution >= 4 is 11.5 Å². The van der Waals surface area contributed by atoms with Gasteiger partial charge < -0.3 is 15.0 Å². The van der Waals surface area contributed by atoms with Gasteiger partial charge in [-0.15, -0.1) is 0 Å². The number of carbonyl (C=O) groups is 1. The molecule has 2 aromatic rings. The SMILES string of the molecule is CCn1ccnc1C(=O)c1cccc(OC)c1N. The van der Waals surface area contributed by atoms with Gasteiger partial charge in [-0.3, -0.25) is 4.79 Å². The predicted molar refractivity (Wildman–Crippen MR) is 68.7 cm³/mol. The Morgan fingerprint density at radius 2 is 2.28 bits per heavy atom. The standard InChI is InChI=1S/C13H15N3O2/c1-3-16-8-7-15-13(16)12(17)9-5-4-6-10(18-2)11(9)14/h4-8H,3,14H2,1-2H3. The van der Waals surface area contributed by atoms with E-state index in [2.05, 4.69) is 4.98 Å². The lowest BCUT2D eigenvalue weighted by molar-refractivity contribution is 0.102. The highest BCUT2D eigenvalue weighted by molar-refractivity contribution is 6.10. The van der Waals surface area contributed by atoms with Crippen LogP contribution in [0.1, 0.15) is 23.1 Å². The van der Waals surface area contributed by atoms with Gasteiger partial charge in [0, 0.05) is 18.9 Å². The average Bonchev–Trinajstić information content (AvgIpc) is 2.86. The van der Waals surface area contributed by atoms with Gasteiger partial charge in [0.2, 0.25) is 5.78 Å². The zero-order valence-electron chi connectivity index (χ0n) is 10.4. The van der Waals surface area contributed by atoms with Crippen LogP contribution in [0.5, 0.6) is 5.75 Å². The minimum atomic E-state index is -0.196. The van der Waals surface area contributed by atoms with Crippen LogP contribution in [0.2, 0.25) is 0 Å². The largest absolute Gasteiger partial charge is 0.495 e. The first-order valence-corrected chi connectivity index (χ1v) is 5.67. The third-order valence-electron chi connectivity index (χ3n) is 2.79. The lowest BCUT2D eigenvalue weighted by Crippen LogP contribution is -2.12. The number of ketones is 1. The first-order valence-electron chi connectivity index (χ1n) is 5.67. The second kappa shape index (κ2) is 4.91. The van der Waals surface area contributed by atoms with Gasteiger partial charge >= 0.3 is 0 Å². The van der Waals surface area contributed by atoms with Gasteiger partial charge in [-0.2, -0.15) is 0 Å². The van der Waals surface area contributed by atoms with Crippen LogP contribution in [0.4, 0.5) is 5.69 Å². The van der Waals surface area contributed by atoms with Crippen LogP contribution in [-0.4, -0.2) is 22.4 Å². The number of imidazole rings is 1. The Labute approximate surface area is 105 Å². The molecular weight excluding hydrogens is 230 g/mol. The Kier molecular flexibility index (Phi) is 3.32. The van der Waals surface area contributed by atoms with Crippen molar-refractivity contribution in [3.8, 4) is 5.75 Å². The van der Waals surface area contributed by atoms with E-state index >= 15 is 0 Å². The summed E-state index contributed by atoms with van der Waals surface area (Å²) < 4.78 is 6.88. The van der Waals surface area contributed by atoms with Crippen LogP contribution in [0, 0.1) is 0 Å². The average molecular weight is 245 g/mol. The maximum Gasteiger partial charge on any atom is 0.230 e. The van der Waals surface area contributed by atoms with Gasteiger partial charge in [-0.05, 0) is 19.1 Å². The van der Waals surface area contributed by atoms with Crippen molar-refractivity contribution in [2.75, 3.05) is 12.8 Å². The van der Waals surface area contributed by atoms with E-state index in [-0.39, 0.29) is 5.78 Å². The number of nitrogen functional groups attached to an aromatic ring is 1. The van der Waals surface area contributed by atoms with Crippen molar-refractivity contribution in [3.63, 3.8) is 0 Å². The van der Waals surface area contributed by atoms with E-state index in [1.165, 1.54) is 7.11 Å². The smallest absolute Gasteiger partial charge is 0.230 e. The van der Waals surface area contributed by atoms with Crippen LogP contribution < -0.4 is 10.5 Å². The van der Waals surface area contributed by atoms with Gasteiger partial charge in [-0.25, -0.2) is 4.98 Å². The van der Waals surface area contributed by atoms with Crippen molar-refractivity contribution in [1.29, 1.82) is 0 Å². The molecule has 0 fully saturated rings. The zero-order valence-corrected chi connectivity index (χ0v) is 10.4. The molecule has 0 aliphatic carbocycles. The maximum absolute atomic E-state index is 12.4. The Hall–Kier alpha value is -2.30. The van der Waals surface area contributed by atoms with E-state index in [9.17, 15) is 4.79 Å². The molecule has 0 amide bonds. The van der Waals surface area contributed by atoms with Crippen LogP contribution in [0.15, 0.2) is 30.6 Å². The lowest BCUT2D eigenvalue weighted by atomic mass is 10.1. The first kappa shape index (κ1) is 12.2. The summed E-state index contributed by atoms with van der Waals surface area (Å²) in [5.41, 5.74) is 6.66. The Balaban J connectivity index is 2.47. The van der Waals surface area contributed by atoms with Gasteiger partial charge in [0.1, 0.15) is 5.75 Å². The summed E-state index contributed by atoms with van der Waals surface area (Å²) in [5, 5.41) is 0. The number of hydrogen-bond donors (Lipinski definition) is 1. The molecule has 0 aliphatic heterocycles. The van der Waals surface area contributed by atoms with Gasteiger partial charge in [0.05, 0.1) is 18.4 Å². The summed E-state index contributed by atoms with van der Waals surface area (Å²) in [6, 6.07) is 5.13. The number of rotatable bonds is 4. The number of aryl methyl sites for hydroxylation is 1. The van der Waals surface area contributed by atoms with Crippen molar-refractivity contribution in [1.82, 2.24) is 9.55 Å². The van der Waals surface area contributed by atoms with Crippen molar-refractivity contribution < 1.29 is 9.53 Å². The number of carbonyl (C=O) groups excluding carboxylic acids is 1. The molecule has 5 heteroatoms. The molecule has 0 radical (unpaired) electrons. The summed E-state index contributed by atoms with van der Waals surface area (Å²) in [7, 11) is 1.52. The number of benzene rings is 1. The van der Waals surface area contributed by atoms with Crippen LogP contribution >= 0.6 is 0 Å². The van der Waals surface area contributed by atoms with E-state index in [1.54, 1.807) is 35.2 Å². The summed E-state index contributed by atoms with van der Waals surface area (Å²) in [4.78, 5) is 16.4. The predicted octanol–water partition coefficient (Wildman–Crippen LogP) is 1.72. The van der Waals surface area contributed by atoms with Gasteiger partial charge in [0.25, 0.3) is 0 Å². The number of methoxy groups -OCH3 is 1. The summed E-state index contributed by atoms with van der Waals surface area (Å²) in [5.74, 6) is 0.686. The Morgan fingerprint density at radius 1 is 1.50 bits per heavy atom. The molecule has 2 rings (SSSR count). The fraction of sp³-hybridized carbons (Fsp3) is 0.231. The third-order valence-corrected chi connectivity index (χ3v) is 2.79. The fourth-order valence-electron chi connectivity index (χ4n) is 1.81. The van der Waals surface area contributed by atoms with E-state index in [0.717, 1.165) is 0 Å². The number of anilines is 1. The molecule has 0 saturated heterocycles. The Morgan fingerprint density at radius 3 is 2.94 bits per heavy atom. The maximum atomic E-state index is 12.4. The first-order chi connectivity index (χ1) is 8.69. The lowest BCUT2D eigenvalue weighted by Gasteiger charge is -2.09. The minimum absolute atomic E-state index is 0.196. The van der Waals surface area contributed by atoms with Crippen molar-refractivity contribution in [3.05, 3.63) is 42.0 Å². The molecule has 0 atom stereocenters. The number of nitrogens with two attached hydrogens (primary N) is 1. The molecular formula is C13H15N3O2. The number of para-hydroxylation sites is 1. The number of ether oxygens (including phenoxy) is 1. The highest BCUT2D eigenvalue weighted by Gasteiger charge is 2.18. The molecule has 0 bridgehead atoms. The monoisotopic (exact) mass is 245 g/mol. The molecule has 1 aromatic heterocycles. The number of nitrogens with zero attached hydrogens (tertiary/aromatic N) is 2. The van der Waals surface area contributed by atoms with E-state index in [4.69, 9.17) is 10.5 Å². The minimum Gasteiger partial charge on any atom is -0.495 e. The highest BCUT2D eigenvalue weighted by Crippen LogP contribution is 2.26. The molecule has 0 unspecified atom stereocenters. The van der Waals surface area contributed by atoms with Crippen molar-refractivity contribution in [2.24, 2.45) is 0 Å². The second-order valence-electron chi connectivity index (χ2n) is 3.79. The van der Waals surface area contributed by atoms with Crippen LogP contribution in [0.25, 0.3) is 0 Å². The number of hydrogen-bond acceptors (Lipinski definition) is 4. The second-order valence-corrected chi connectivity index (χ2v) is 3.79. The molecule has 0 spiro atoms. The fourth-order valence-corrected chi connectivity index (χ4v) is 1.81. The van der Waals surface area contributed by atoms with Gasteiger partial charge in [0.15, 0.2) is 5.82 Å². The topological polar surface area (TPSA) is 70.1 Å². The molecule has 1 heterocycles. The van der Waals surface area contributed by atoms with E-state index < -0.39 is 0 Å². The van der Waals surface area contributed by atoms with E-state index in [1.807, 2.05) is 6.92 Å². The van der Waals surface area contributed by atoms with Crippen LogP contribution in [0.3, 0.4) is 0 Å². The quantitative estimate of drug-likeness (QED) is 0.657. The van der Waals surface area contributed by atoms with Gasteiger partial charge in [-0.1, -0.05) is 6.07 Å². The van der Waals surface area contributed by atoms with Crippen molar-refractivity contribution in [2.45, 2.75) is 13.5 Å². The molecule has 94 valence electrons. The van der Waals surface area contributed by atoms with E-state index in [0.29, 0.717) is 29.4 Å². The van der Waals surface area contributed by atoms with Crippen LogP contribution in [-0.2, 0) is 6.54 Å².